The van der Waals surface area contributed by atoms with Crippen LogP contribution in [0.4, 0.5) is 0 Å². The van der Waals surface area contributed by atoms with E-state index < -0.39 is 0 Å². The highest BCUT2D eigenvalue weighted by molar-refractivity contribution is 14.1. The average Bonchev–Trinajstić information content (AvgIpc) is 2.75. The summed E-state index contributed by atoms with van der Waals surface area (Å²) in [6.45, 7) is 0.761. The first-order chi connectivity index (χ1) is 8.33. The van der Waals surface area contributed by atoms with Crippen molar-refractivity contribution in [3.63, 3.8) is 0 Å². The Labute approximate surface area is 113 Å². The van der Waals surface area contributed by atoms with Crippen molar-refractivity contribution in [2.75, 3.05) is 0 Å². The molecule has 0 amide bonds. The molecular weight excluding hydrogens is 325 g/mol. The molecule has 0 saturated heterocycles. The maximum absolute atomic E-state index is 4.44. The first-order valence-corrected chi connectivity index (χ1v) is 6.41. The molecule has 0 unspecified atom stereocenters. The van der Waals surface area contributed by atoms with Crippen LogP contribution in [-0.2, 0) is 6.54 Å². The maximum Gasteiger partial charge on any atom is 0.0752 e. The van der Waals surface area contributed by atoms with Gasteiger partial charge in [0.15, 0.2) is 0 Å². The second-order valence-corrected chi connectivity index (χ2v) is 5.09. The molecular formula is C13H10IN3. The van der Waals surface area contributed by atoms with Crippen LogP contribution in [0.25, 0.3) is 10.9 Å². The molecule has 2 aromatic heterocycles. The molecule has 0 N–H and O–H groups in total. The molecule has 0 fully saturated rings. The summed E-state index contributed by atoms with van der Waals surface area (Å²) in [5, 5.41) is 5.47. The zero-order chi connectivity index (χ0) is 11.7. The number of aromatic nitrogens is 3. The molecule has 3 nitrogen and oxygen atoms in total. The average molecular weight is 335 g/mol. The number of rotatable bonds is 2. The van der Waals surface area contributed by atoms with E-state index in [4.69, 9.17) is 0 Å². The van der Waals surface area contributed by atoms with E-state index in [0.29, 0.717) is 0 Å². The Kier molecular flexibility index (Phi) is 2.80. The van der Waals surface area contributed by atoms with Crippen molar-refractivity contribution in [2.45, 2.75) is 6.54 Å². The number of nitrogens with zero attached hydrogens (tertiary/aromatic N) is 3. The summed E-state index contributed by atoms with van der Waals surface area (Å²) in [6, 6.07) is 10.3. The molecule has 0 aliphatic carbocycles. The number of para-hydroxylation sites is 1. The highest BCUT2D eigenvalue weighted by atomic mass is 127. The van der Waals surface area contributed by atoms with Gasteiger partial charge in [0, 0.05) is 17.8 Å². The van der Waals surface area contributed by atoms with E-state index in [0.717, 1.165) is 15.6 Å². The van der Waals surface area contributed by atoms with Crippen molar-refractivity contribution < 1.29 is 0 Å². The first kappa shape index (κ1) is 10.7. The number of fused-ring (bicyclic) bond motifs is 1. The minimum atomic E-state index is 0.761. The van der Waals surface area contributed by atoms with Gasteiger partial charge in [-0.25, -0.2) is 0 Å². The Morgan fingerprint density at radius 2 is 2.06 bits per heavy atom. The maximum atomic E-state index is 4.44. The van der Waals surface area contributed by atoms with Crippen molar-refractivity contribution in [3.8, 4) is 0 Å². The molecule has 0 spiro atoms. The summed E-state index contributed by atoms with van der Waals surface area (Å²) in [7, 11) is 0. The molecule has 0 aliphatic rings. The van der Waals surface area contributed by atoms with Gasteiger partial charge in [-0.3, -0.25) is 9.67 Å². The zero-order valence-electron chi connectivity index (χ0n) is 9.05. The highest BCUT2D eigenvalue weighted by Crippen LogP contribution is 2.17. The van der Waals surface area contributed by atoms with Crippen LogP contribution in [0, 0.1) is 3.57 Å². The fourth-order valence-electron chi connectivity index (χ4n) is 1.89. The third-order valence-corrected chi connectivity index (χ3v) is 3.21. The van der Waals surface area contributed by atoms with Gasteiger partial charge < -0.3 is 0 Å². The zero-order valence-corrected chi connectivity index (χ0v) is 11.2. The molecule has 17 heavy (non-hydrogen) atoms. The van der Waals surface area contributed by atoms with Crippen molar-refractivity contribution in [3.05, 3.63) is 58.1 Å². The highest BCUT2D eigenvalue weighted by Gasteiger charge is 2.03. The van der Waals surface area contributed by atoms with E-state index in [1.54, 1.807) is 0 Å². The summed E-state index contributed by atoms with van der Waals surface area (Å²) in [6.07, 6.45) is 5.72. The predicted molar refractivity (Wildman–Crippen MR) is 75.8 cm³/mol. The Morgan fingerprint density at radius 3 is 2.88 bits per heavy atom. The fourth-order valence-corrected chi connectivity index (χ4v) is 2.34. The SMILES string of the molecule is Ic1cnn(Cc2cccc3cccnc23)c1. The molecule has 0 aliphatic heterocycles. The fraction of sp³-hybridized carbons (Fsp3) is 0.0769. The predicted octanol–water partition coefficient (Wildman–Crippen LogP) is 3.08. The molecule has 3 aromatic rings. The van der Waals surface area contributed by atoms with Gasteiger partial charge in [-0.2, -0.15) is 5.10 Å². The first-order valence-electron chi connectivity index (χ1n) is 5.33. The van der Waals surface area contributed by atoms with Gasteiger partial charge in [0.05, 0.1) is 21.8 Å². The summed E-state index contributed by atoms with van der Waals surface area (Å²) < 4.78 is 3.08. The summed E-state index contributed by atoms with van der Waals surface area (Å²) in [5.74, 6) is 0. The van der Waals surface area contributed by atoms with E-state index >= 15 is 0 Å². The van der Waals surface area contributed by atoms with E-state index in [-0.39, 0.29) is 0 Å². The lowest BCUT2D eigenvalue weighted by atomic mass is 10.1. The Bertz CT molecular complexity index is 655. The molecule has 4 heteroatoms. The van der Waals surface area contributed by atoms with E-state index in [2.05, 4.69) is 56.9 Å². The van der Waals surface area contributed by atoms with Gasteiger partial charge in [0.1, 0.15) is 0 Å². The van der Waals surface area contributed by atoms with Crippen LogP contribution >= 0.6 is 22.6 Å². The number of pyridine rings is 1. The van der Waals surface area contributed by atoms with Crippen LogP contribution < -0.4 is 0 Å². The van der Waals surface area contributed by atoms with E-state index in [1.165, 1.54) is 10.9 Å². The lowest BCUT2D eigenvalue weighted by Crippen LogP contribution is -2.01. The molecule has 0 bridgehead atoms. The van der Waals surface area contributed by atoms with Crippen LogP contribution in [0.2, 0.25) is 0 Å². The van der Waals surface area contributed by atoms with Gasteiger partial charge in [-0.05, 0) is 34.2 Å². The monoisotopic (exact) mass is 335 g/mol. The second-order valence-electron chi connectivity index (χ2n) is 3.85. The number of halogens is 1. The molecule has 1 aromatic carbocycles. The van der Waals surface area contributed by atoms with Crippen molar-refractivity contribution in [2.24, 2.45) is 0 Å². The minimum absolute atomic E-state index is 0.761. The van der Waals surface area contributed by atoms with E-state index in [9.17, 15) is 0 Å². The lowest BCUT2D eigenvalue weighted by Gasteiger charge is -2.05. The van der Waals surface area contributed by atoms with Crippen LogP contribution in [0.15, 0.2) is 48.9 Å². The van der Waals surface area contributed by atoms with Crippen LogP contribution in [0.5, 0.6) is 0 Å². The Morgan fingerprint density at radius 1 is 1.18 bits per heavy atom. The normalized spacial score (nSPS) is 10.9. The van der Waals surface area contributed by atoms with Crippen molar-refractivity contribution in [1.82, 2.24) is 14.8 Å². The largest absolute Gasteiger partial charge is 0.267 e. The number of hydrogen-bond acceptors (Lipinski definition) is 2. The standard InChI is InChI=1S/C13H10IN3/c14-12-7-16-17(9-12)8-11-4-1-3-10-5-2-6-15-13(10)11/h1-7,9H,8H2. The molecule has 0 radical (unpaired) electrons. The number of benzene rings is 1. The van der Waals surface area contributed by atoms with Crippen molar-refractivity contribution in [1.29, 1.82) is 0 Å². The number of hydrogen-bond donors (Lipinski definition) is 0. The van der Waals surface area contributed by atoms with Crippen LogP contribution in [0.1, 0.15) is 5.56 Å². The Balaban J connectivity index is 2.05. The Hall–Kier alpha value is -1.43. The van der Waals surface area contributed by atoms with Crippen molar-refractivity contribution >= 4 is 33.5 Å². The molecule has 0 atom stereocenters. The lowest BCUT2D eigenvalue weighted by molar-refractivity contribution is 0.689. The van der Waals surface area contributed by atoms with Gasteiger partial charge in [-0.1, -0.05) is 24.3 Å². The quantitative estimate of drug-likeness (QED) is 0.674. The van der Waals surface area contributed by atoms with Gasteiger partial charge in [0.2, 0.25) is 0 Å². The summed E-state index contributed by atoms with van der Waals surface area (Å²) in [4.78, 5) is 4.44. The second kappa shape index (κ2) is 4.44. The molecule has 3 rings (SSSR count). The summed E-state index contributed by atoms with van der Waals surface area (Å²) >= 11 is 2.26. The molecule has 2 heterocycles. The minimum Gasteiger partial charge on any atom is -0.267 e. The summed E-state index contributed by atoms with van der Waals surface area (Å²) in [5.41, 5.74) is 2.25. The van der Waals surface area contributed by atoms with Gasteiger partial charge in [-0.15, -0.1) is 0 Å². The molecule has 84 valence electrons. The van der Waals surface area contributed by atoms with Gasteiger partial charge in [0.25, 0.3) is 0 Å². The third kappa shape index (κ3) is 2.17. The van der Waals surface area contributed by atoms with Gasteiger partial charge >= 0.3 is 0 Å². The van der Waals surface area contributed by atoms with E-state index in [1.807, 2.05) is 29.3 Å². The third-order valence-electron chi connectivity index (χ3n) is 2.65. The molecule has 0 saturated carbocycles. The van der Waals surface area contributed by atoms with Crippen LogP contribution in [0.3, 0.4) is 0 Å². The van der Waals surface area contributed by atoms with Crippen LogP contribution in [-0.4, -0.2) is 14.8 Å². The smallest absolute Gasteiger partial charge is 0.0752 e. The topological polar surface area (TPSA) is 30.7 Å².